The SMILES string of the molecule is C=C1[C@@H]2CC[C@@H]3[C@](C2)(C(=O)O[C@H]2CCC(C)(C)[C@H]4[C@H](O)OC(=O)[C@@]243)[C@@H]1O. The van der Waals surface area contributed by atoms with Crippen molar-refractivity contribution in [3.05, 3.63) is 12.2 Å². The number of aliphatic hydroxyl groups is 2. The zero-order valence-corrected chi connectivity index (χ0v) is 15.2. The van der Waals surface area contributed by atoms with Gasteiger partial charge in [-0.05, 0) is 54.9 Å². The van der Waals surface area contributed by atoms with Crippen LogP contribution in [0, 0.1) is 34.0 Å². The molecule has 2 spiro atoms. The van der Waals surface area contributed by atoms with Gasteiger partial charge >= 0.3 is 11.9 Å². The number of esters is 2. The van der Waals surface area contributed by atoms with E-state index in [0.29, 0.717) is 24.8 Å². The molecule has 5 aliphatic rings. The first-order valence-corrected chi connectivity index (χ1v) is 9.64. The van der Waals surface area contributed by atoms with E-state index in [0.717, 1.165) is 12.8 Å². The van der Waals surface area contributed by atoms with Gasteiger partial charge in [-0.25, -0.2) is 0 Å². The predicted octanol–water partition coefficient (Wildman–Crippen LogP) is 1.54. The second kappa shape index (κ2) is 4.71. The summed E-state index contributed by atoms with van der Waals surface area (Å²) in [6.45, 7) is 8.11. The summed E-state index contributed by atoms with van der Waals surface area (Å²) in [5.74, 6) is -1.62. The van der Waals surface area contributed by atoms with Gasteiger partial charge < -0.3 is 19.7 Å². The molecule has 3 saturated carbocycles. The molecule has 2 aliphatic heterocycles. The van der Waals surface area contributed by atoms with Crippen LogP contribution in [-0.4, -0.2) is 40.6 Å². The van der Waals surface area contributed by atoms with Crippen molar-refractivity contribution in [2.45, 2.75) is 64.4 Å². The van der Waals surface area contributed by atoms with E-state index in [1.807, 2.05) is 13.8 Å². The Morgan fingerprint density at radius 3 is 2.54 bits per heavy atom. The highest BCUT2D eigenvalue weighted by Crippen LogP contribution is 2.72. The second-order valence-corrected chi connectivity index (χ2v) is 9.68. The lowest BCUT2D eigenvalue weighted by atomic mass is 9.43. The van der Waals surface area contributed by atoms with E-state index in [9.17, 15) is 19.8 Å². The fourth-order valence-corrected chi connectivity index (χ4v) is 7.34. The molecule has 0 aromatic rings. The third kappa shape index (κ3) is 1.55. The van der Waals surface area contributed by atoms with Gasteiger partial charge in [0, 0.05) is 5.92 Å². The minimum Gasteiger partial charge on any atom is -0.461 e. The Morgan fingerprint density at radius 1 is 1.08 bits per heavy atom. The number of rotatable bonds is 0. The number of cyclic esters (lactones) is 1. The Hall–Kier alpha value is -1.40. The quantitative estimate of drug-likeness (QED) is 0.502. The molecule has 6 nitrogen and oxygen atoms in total. The van der Waals surface area contributed by atoms with Crippen LogP contribution in [0.4, 0.5) is 0 Å². The Labute approximate surface area is 152 Å². The lowest BCUT2D eigenvalue weighted by Crippen LogP contribution is -2.69. The van der Waals surface area contributed by atoms with E-state index in [2.05, 4.69) is 6.58 Å². The number of hydrogen-bond donors (Lipinski definition) is 2. The summed E-state index contributed by atoms with van der Waals surface area (Å²) in [6.07, 6.45) is 0.425. The first-order valence-electron chi connectivity index (χ1n) is 9.64. The maximum Gasteiger partial charge on any atom is 0.319 e. The van der Waals surface area contributed by atoms with E-state index >= 15 is 0 Å². The Bertz CT molecular complexity index is 728. The minimum atomic E-state index is -1.20. The van der Waals surface area contributed by atoms with Gasteiger partial charge in [-0.3, -0.25) is 9.59 Å². The predicted molar refractivity (Wildman–Crippen MR) is 89.3 cm³/mol. The van der Waals surface area contributed by atoms with Crippen LogP contribution in [0.25, 0.3) is 0 Å². The average Bonchev–Trinajstić information content (AvgIpc) is 2.96. The van der Waals surface area contributed by atoms with E-state index < -0.39 is 47.2 Å². The number of carbonyl (C=O) groups excluding carboxylic acids is 2. The van der Waals surface area contributed by atoms with Crippen molar-refractivity contribution in [2.75, 3.05) is 0 Å². The topological polar surface area (TPSA) is 93.1 Å². The molecule has 2 saturated heterocycles. The van der Waals surface area contributed by atoms with E-state index in [4.69, 9.17) is 9.47 Å². The monoisotopic (exact) mass is 362 g/mol. The van der Waals surface area contributed by atoms with Crippen molar-refractivity contribution in [1.82, 2.24) is 0 Å². The van der Waals surface area contributed by atoms with Crippen LogP contribution in [0.15, 0.2) is 12.2 Å². The van der Waals surface area contributed by atoms with Crippen LogP contribution >= 0.6 is 0 Å². The molecule has 6 heteroatoms. The largest absolute Gasteiger partial charge is 0.461 e. The van der Waals surface area contributed by atoms with Crippen LogP contribution in [0.2, 0.25) is 0 Å². The Kier molecular flexibility index (Phi) is 3.03. The van der Waals surface area contributed by atoms with Gasteiger partial charge in [0.15, 0.2) is 0 Å². The molecule has 0 aromatic carbocycles. The number of hydrogen-bond acceptors (Lipinski definition) is 6. The lowest BCUT2D eigenvalue weighted by Gasteiger charge is -2.60. The van der Waals surface area contributed by atoms with Gasteiger partial charge in [0.1, 0.15) is 16.9 Å². The van der Waals surface area contributed by atoms with Crippen molar-refractivity contribution in [2.24, 2.45) is 34.0 Å². The molecule has 26 heavy (non-hydrogen) atoms. The van der Waals surface area contributed by atoms with Crippen molar-refractivity contribution < 1.29 is 29.3 Å². The summed E-state index contributed by atoms with van der Waals surface area (Å²) in [7, 11) is 0. The van der Waals surface area contributed by atoms with E-state index in [1.54, 1.807) is 0 Å². The fraction of sp³-hybridized carbons (Fsp3) is 0.800. The summed E-state index contributed by atoms with van der Waals surface area (Å²) < 4.78 is 11.2. The maximum atomic E-state index is 13.2. The summed E-state index contributed by atoms with van der Waals surface area (Å²) >= 11 is 0. The van der Waals surface area contributed by atoms with Crippen LogP contribution in [0.5, 0.6) is 0 Å². The van der Waals surface area contributed by atoms with Gasteiger partial charge in [0.25, 0.3) is 0 Å². The highest BCUT2D eigenvalue weighted by atomic mass is 16.6. The summed E-state index contributed by atoms with van der Waals surface area (Å²) in [6, 6.07) is 0. The summed E-state index contributed by atoms with van der Waals surface area (Å²) in [5, 5.41) is 21.6. The number of aliphatic hydroxyl groups excluding tert-OH is 2. The molecular formula is C20H26O6. The highest BCUT2D eigenvalue weighted by Gasteiger charge is 2.80. The average molecular weight is 362 g/mol. The van der Waals surface area contributed by atoms with Gasteiger partial charge in [-0.2, -0.15) is 0 Å². The molecule has 142 valence electrons. The number of fused-ring (bicyclic) bond motifs is 1. The molecule has 3 aliphatic carbocycles. The first-order chi connectivity index (χ1) is 12.2. The molecule has 2 N–H and O–H groups in total. The normalized spacial score (nSPS) is 54.1. The van der Waals surface area contributed by atoms with Crippen molar-refractivity contribution in [1.29, 1.82) is 0 Å². The molecular weight excluding hydrogens is 336 g/mol. The van der Waals surface area contributed by atoms with Crippen molar-refractivity contribution in [3.63, 3.8) is 0 Å². The van der Waals surface area contributed by atoms with Gasteiger partial charge in [0.05, 0.1) is 6.10 Å². The molecule has 0 amide bonds. The Balaban J connectivity index is 1.75. The zero-order chi connectivity index (χ0) is 18.6. The lowest BCUT2D eigenvalue weighted by molar-refractivity contribution is -0.246. The van der Waals surface area contributed by atoms with Gasteiger partial charge in [0.2, 0.25) is 6.29 Å². The first kappa shape index (κ1) is 16.8. The molecule has 8 atom stereocenters. The summed E-state index contributed by atoms with van der Waals surface area (Å²) in [5.41, 5.74) is -1.86. The van der Waals surface area contributed by atoms with E-state index in [-0.39, 0.29) is 17.3 Å². The minimum absolute atomic E-state index is 0.0825. The molecule has 5 fully saturated rings. The maximum absolute atomic E-state index is 13.2. The molecule has 0 aromatic heterocycles. The molecule has 2 heterocycles. The molecule has 0 unspecified atom stereocenters. The highest BCUT2D eigenvalue weighted by molar-refractivity contribution is 5.88. The smallest absolute Gasteiger partial charge is 0.319 e. The second-order valence-electron chi connectivity index (χ2n) is 9.68. The standard InChI is InChI=1S/C20H26O6/c1-9-10-4-5-11-19(8-10,14(9)21)16(23)25-12-6-7-18(2,3)13-15(22)26-17(24)20(11,12)13/h10-15,21-22H,1,4-8H2,2-3H3/t10-,11-,12+,13-,14-,15-,19+,20+/m1/s1. The van der Waals surface area contributed by atoms with Gasteiger partial charge in [-0.1, -0.05) is 20.4 Å². The molecule has 2 bridgehead atoms. The molecule has 0 radical (unpaired) electrons. The van der Waals surface area contributed by atoms with Gasteiger partial charge in [-0.15, -0.1) is 0 Å². The third-order valence-corrected chi connectivity index (χ3v) is 8.39. The van der Waals surface area contributed by atoms with E-state index in [1.165, 1.54) is 0 Å². The Morgan fingerprint density at radius 2 is 1.81 bits per heavy atom. The van der Waals surface area contributed by atoms with Crippen molar-refractivity contribution in [3.8, 4) is 0 Å². The van der Waals surface area contributed by atoms with Crippen LogP contribution < -0.4 is 0 Å². The van der Waals surface area contributed by atoms with Crippen LogP contribution in [-0.2, 0) is 19.1 Å². The molecule has 5 rings (SSSR count). The van der Waals surface area contributed by atoms with Crippen molar-refractivity contribution >= 4 is 11.9 Å². The fourth-order valence-electron chi connectivity index (χ4n) is 7.34. The number of carbonyl (C=O) groups is 2. The summed E-state index contributed by atoms with van der Waals surface area (Å²) in [4.78, 5) is 26.3. The van der Waals surface area contributed by atoms with Crippen LogP contribution in [0.3, 0.4) is 0 Å². The number of ether oxygens (including phenoxy) is 2. The third-order valence-electron chi connectivity index (χ3n) is 8.39. The zero-order valence-electron chi connectivity index (χ0n) is 15.2. The van der Waals surface area contributed by atoms with Crippen LogP contribution in [0.1, 0.15) is 46.0 Å².